The van der Waals surface area contributed by atoms with Gasteiger partial charge in [-0.2, -0.15) is 0 Å². The second-order valence-electron chi connectivity index (χ2n) is 22.6. The minimum absolute atomic E-state index is 0.0190. The van der Waals surface area contributed by atoms with Crippen molar-refractivity contribution >= 4 is 91.2 Å². The predicted octanol–water partition coefficient (Wildman–Crippen LogP) is 20.9. The van der Waals surface area contributed by atoms with E-state index in [1.807, 2.05) is 55.1 Å². The third kappa shape index (κ3) is 14.2. The van der Waals surface area contributed by atoms with E-state index in [9.17, 15) is 0 Å². The number of nitrogens with zero attached hydrogens (tertiary/aromatic N) is 2. The summed E-state index contributed by atoms with van der Waals surface area (Å²) in [6, 6.07) is 27.1. The SMILES string of the molecule is CCCCCCc1ccc(-c2ccc(-c3ccc(C4=C5C(=O)N(CCC(C)(C)CCCC(C)C)C(c6ccc(-c7ccc(-c8ccc(CCCCCC)s8)s7)s6)=C5C(=O)N4CC[C@@H](C)CCCC(C)C)s3)s2)s1. The van der Waals surface area contributed by atoms with Gasteiger partial charge in [0.25, 0.3) is 11.8 Å². The first-order chi connectivity index (χ1) is 35.2. The van der Waals surface area contributed by atoms with Crippen molar-refractivity contribution in [2.45, 2.75) is 178 Å². The maximum absolute atomic E-state index is 15.5. The molecule has 0 bridgehead atoms. The molecule has 4 nitrogen and oxygen atoms in total. The van der Waals surface area contributed by atoms with Crippen molar-refractivity contribution in [2.75, 3.05) is 13.1 Å². The molecule has 0 saturated heterocycles. The number of carbonyl (C=O) groups is 2. The fourth-order valence-electron chi connectivity index (χ4n) is 10.4. The lowest BCUT2D eigenvalue weighted by molar-refractivity contribution is -0.124. The quantitative estimate of drug-likeness (QED) is 0.0422. The zero-order valence-corrected chi connectivity index (χ0v) is 50.4. The Morgan fingerprint density at radius 3 is 1.23 bits per heavy atom. The van der Waals surface area contributed by atoms with E-state index in [1.54, 1.807) is 22.7 Å². The van der Waals surface area contributed by atoms with Crippen LogP contribution in [-0.4, -0.2) is 34.7 Å². The summed E-state index contributed by atoms with van der Waals surface area (Å²) in [6.07, 6.45) is 21.4. The standard InChI is InChI=1S/C63H82N2O2S6/c1-10-12-14-16-23-45-25-27-47(68-45)49-29-31-51(70-49)53-33-35-55(72-53)59-57-58(61(66)64(59)40-37-44(7)22-18-20-42(3)4)60(65(62(57)67)41-39-63(8,9)38-19-21-43(5)6)56-36-34-54(73-56)52-32-30-50(71-52)48-28-26-46(69-48)24-17-15-13-11-2/h25-36,42-44H,10-24,37-41H2,1-9H3/t44-/m0/s1. The molecular formula is C63H82N2O2S6. The Labute approximate surface area is 463 Å². The average molecular weight is 1090 g/mol. The first-order valence-electron chi connectivity index (χ1n) is 27.9. The van der Waals surface area contributed by atoms with Gasteiger partial charge in [0.05, 0.1) is 32.3 Å². The number of hydrogen-bond acceptors (Lipinski definition) is 8. The third-order valence-electron chi connectivity index (χ3n) is 14.9. The Kier molecular flexibility index (Phi) is 20.0. The van der Waals surface area contributed by atoms with Gasteiger partial charge >= 0.3 is 0 Å². The van der Waals surface area contributed by atoms with Crippen LogP contribution in [0.25, 0.3) is 50.4 Å². The van der Waals surface area contributed by atoms with E-state index in [2.05, 4.69) is 135 Å². The summed E-state index contributed by atoms with van der Waals surface area (Å²) in [5.74, 6) is 1.78. The van der Waals surface area contributed by atoms with Gasteiger partial charge in [0, 0.05) is 61.9 Å². The number of thiophene rings is 6. The number of unbranched alkanes of at least 4 members (excludes halogenated alkanes) is 6. The molecular weight excluding hydrogens is 1010 g/mol. The highest BCUT2D eigenvalue weighted by Crippen LogP contribution is 2.52. The van der Waals surface area contributed by atoms with Gasteiger partial charge < -0.3 is 9.80 Å². The molecule has 0 N–H and O–H groups in total. The predicted molar refractivity (Wildman–Crippen MR) is 324 cm³/mol. The van der Waals surface area contributed by atoms with Gasteiger partial charge in [0.2, 0.25) is 0 Å². The number of rotatable bonds is 30. The number of hydrogen-bond donors (Lipinski definition) is 0. The number of aryl methyl sites for hydroxylation is 2. The van der Waals surface area contributed by atoms with Crippen molar-refractivity contribution in [1.82, 2.24) is 9.80 Å². The Morgan fingerprint density at radius 1 is 0.411 bits per heavy atom. The van der Waals surface area contributed by atoms with Gasteiger partial charge in [-0.15, -0.1) is 68.0 Å². The van der Waals surface area contributed by atoms with Crippen LogP contribution in [0.3, 0.4) is 0 Å². The van der Waals surface area contributed by atoms with Crippen LogP contribution in [0.1, 0.15) is 185 Å². The van der Waals surface area contributed by atoms with Crippen LogP contribution in [-0.2, 0) is 22.4 Å². The topological polar surface area (TPSA) is 40.6 Å². The van der Waals surface area contributed by atoms with Crippen LogP contribution in [0.2, 0.25) is 0 Å². The van der Waals surface area contributed by atoms with Gasteiger partial charge in [-0.05, 0) is 141 Å². The summed E-state index contributed by atoms with van der Waals surface area (Å²) in [7, 11) is 0. The number of amides is 2. The van der Waals surface area contributed by atoms with Crippen LogP contribution >= 0.6 is 68.0 Å². The van der Waals surface area contributed by atoms with Crippen LogP contribution in [0.4, 0.5) is 0 Å². The molecule has 2 aliphatic heterocycles. The molecule has 0 radical (unpaired) electrons. The molecule has 1 atom stereocenters. The summed E-state index contributed by atoms with van der Waals surface area (Å²) in [5.41, 5.74) is 2.88. The lowest BCUT2D eigenvalue weighted by Gasteiger charge is -2.30. The smallest absolute Gasteiger partial charge is 0.261 e. The summed E-state index contributed by atoms with van der Waals surface area (Å²) >= 11 is 11.0. The van der Waals surface area contributed by atoms with Crippen molar-refractivity contribution in [3.8, 4) is 39.0 Å². The molecule has 10 heteroatoms. The minimum Gasteiger partial charge on any atom is -0.306 e. The van der Waals surface area contributed by atoms with Gasteiger partial charge in [-0.3, -0.25) is 9.59 Å². The van der Waals surface area contributed by atoms with E-state index in [0.29, 0.717) is 42.0 Å². The van der Waals surface area contributed by atoms with Gasteiger partial charge in [0.1, 0.15) is 0 Å². The molecule has 8 heterocycles. The summed E-state index contributed by atoms with van der Waals surface area (Å²) in [6.45, 7) is 22.0. The third-order valence-corrected chi connectivity index (χ3v) is 22.3. The average Bonchev–Trinajstić information content (AvgIpc) is 4.21. The highest BCUT2D eigenvalue weighted by atomic mass is 32.1. The highest BCUT2D eigenvalue weighted by molar-refractivity contribution is 7.27. The van der Waals surface area contributed by atoms with Crippen molar-refractivity contribution < 1.29 is 9.59 Å². The first-order valence-corrected chi connectivity index (χ1v) is 32.8. The molecule has 0 fully saturated rings. The maximum Gasteiger partial charge on any atom is 0.261 e. The van der Waals surface area contributed by atoms with Crippen molar-refractivity contribution in [1.29, 1.82) is 0 Å². The summed E-state index contributed by atoms with van der Waals surface area (Å²) < 4.78 is 0. The molecule has 6 aromatic heterocycles. The number of carbonyl (C=O) groups excluding carboxylic acids is 2. The van der Waals surface area contributed by atoms with Gasteiger partial charge in [-0.1, -0.05) is 133 Å². The molecule has 0 saturated carbocycles. The Hall–Kier alpha value is -3.38. The van der Waals surface area contributed by atoms with E-state index < -0.39 is 0 Å². The molecule has 2 aliphatic rings. The molecule has 73 heavy (non-hydrogen) atoms. The van der Waals surface area contributed by atoms with Gasteiger partial charge in [-0.25, -0.2) is 0 Å². The van der Waals surface area contributed by atoms with Crippen LogP contribution in [0, 0.1) is 23.2 Å². The second-order valence-corrected chi connectivity index (χ2v) is 29.3. The molecule has 6 aromatic rings. The van der Waals surface area contributed by atoms with Crippen molar-refractivity contribution in [3.63, 3.8) is 0 Å². The maximum atomic E-state index is 15.5. The fraction of sp³-hybridized carbons (Fsp3) is 0.524. The fourth-order valence-corrected chi connectivity index (χ4v) is 17.0. The van der Waals surface area contributed by atoms with E-state index in [1.165, 1.54) is 126 Å². The Morgan fingerprint density at radius 2 is 0.795 bits per heavy atom. The summed E-state index contributed by atoms with van der Waals surface area (Å²) in [5, 5.41) is 0. The van der Waals surface area contributed by atoms with Crippen LogP contribution < -0.4 is 0 Å². The lowest BCUT2D eigenvalue weighted by Crippen LogP contribution is -2.32. The van der Waals surface area contributed by atoms with E-state index >= 15 is 9.59 Å². The largest absolute Gasteiger partial charge is 0.306 e. The Balaban J connectivity index is 1.14. The van der Waals surface area contributed by atoms with E-state index in [4.69, 9.17) is 0 Å². The molecule has 8 rings (SSSR count). The van der Waals surface area contributed by atoms with Crippen molar-refractivity contribution in [3.05, 3.63) is 103 Å². The van der Waals surface area contributed by atoms with E-state index in [-0.39, 0.29) is 17.2 Å². The van der Waals surface area contributed by atoms with E-state index in [0.717, 1.165) is 59.7 Å². The van der Waals surface area contributed by atoms with Gasteiger partial charge in [0.15, 0.2) is 0 Å². The highest BCUT2D eigenvalue weighted by Gasteiger charge is 2.49. The lowest BCUT2D eigenvalue weighted by atomic mass is 9.83. The second kappa shape index (κ2) is 26.1. The zero-order chi connectivity index (χ0) is 51.6. The normalized spacial score (nSPS) is 14.7. The molecule has 2 amide bonds. The first kappa shape index (κ1) is 55.8. The molecule has 0 unspecified atom stereocenters. The van der Waals surface area contributed by atoms with Crippen LogP contribution in [0.5, 0.6) is 0 Å². The Bertz CT molecular complexity index is 2810. The zero-order valence-electron chi connectivity index (χ0n) is 45.5. The monoisotopic (exact) mass is 1090 g/mol. The molecule has 0 spiro atoms. The molecule has 0 aliphatic carbocycles. The number of fused-ring (bicyclic) bond motifs is 1. The van der Waals surface area contributed by atoms with Crippen molar-refractivity contribution in [2.24, 2.45) is 23.2 Å². The molecule has 0 aromatic carbocycles. The van der Waals surface area contributed by atoms with Crippen LogP contribution in [0.15, 0.2) is 83.9 Å². The molecule has 392 valence electrons. The minimum atomic E-state index is -0.0214. The summed E-state index contributed by atoms with van der Waals surface area (Å²) in [4.78, 5) is 50.1.